The van der Waals surface area contributed by atoms with Gasteiger partial charge in [0.2, 0.25) is 5.91 Å². The Balaban J connectivity index is 1.43. The average Bonchev–Trinajstić information content (AvgIpc) is 3.38. The molecule has 1 aliphatic carbocycles. The van der Waals surface area contributed by atoms with Crippen molar-refractivity contribution in [1.29, 1.82) is 0 Å². The number of carbonyl (C=O) groups is 3. The van der Waals surface area contributed by atoms with E-state index in [2.05, 4.69) is 22.2 Å². The molecule has 1 aromatic carbocycles. The quantitative estimate of drug-likeness (QED) is 0.419. The molecule has 5 rings (SSSR count). The summed E-state index contributed by atoms with van der Waals surface area (Å²) in [6, 6.07) is 2.96. The zero-order valence-electron chi connectivity index (χ0n) is 19.2. The van der Waals surface area contributed by atoms with E-state index in [-0.39, 0.29) is 36.3 Å². The molecule has 3 fully saturated rings. The minimum absolute atomic E-state index is 0.0717. The Hall–Kier alpha value is -2.98. The van der Waals surface area contributed by atoms with Gasteiger partial charge < -0.3 is 24.9 Å². The number of aromatic amines is 2. The standard InChI is InChI=1S/C24H27ClN4O6/c1-11-2-4-12(5-3-11)18(24(34)29-9-14(25)20-19(29)17(30)10-35-20)28-21(31)13-6-7-15-16(8-13)27-23(33)22(32)26-15/h6-8,11-12,14,18-20H,2-5,9-10H2,1H3,(H,26,32)(H,27,33)(H,28,31)/t11-,12-,14-,18-,19+,20+/m0/s1. The van der Waals surface area contributed by atoms with Crippen LogP contribution in [0.25, 0.3) is 11.0 Å². The van der Waals surface area contributed by atoms with Gasteiger partial charge in [-0.25, -0.2) is 0 Å². The second-order valence-corrected chi connectivity index (χ2v) is 10.4. The van der Waals surface area contributed by atoms with Crippen LogP contribution in [0.3, 0.4) is 0 Å². The molecule has 3 aliphatic rings. The molecule has 10 nitrogen and oxygen atoms in total. The zero-order chi connectivity index (χ0) is 24.9. The first-order chi connectivity index (χ1) is 16.7. The highest BCUT2D eigenvalue weighted by molar-refractivity contribution is 6.22. The van der Waals surface area contributed by atoms with Gasteiger partial charge in [-0.3, -0.25) is 24.0 Å². The van der Waals surface area contributed by atoms with Crippen molar-refractivity contribution in [3.05, 3.63) is 44.5 Å². The number of aromatic nitrogens is 2. The van der Waals surface area contributed by atoms with Crippen molar-refractivity contribution < 1.29 is 19.1 Å². The van der Waals surface area contributed by atoms with E-state index >= 15 is 0 Å². The Morgan fingerprint density at radius 1 is 1.09 bits per heavy atom. The number of ether oxygens (including phenoxy) is 1. The summed E-state index contributed by atoms with van der Waals surface area (Å²) in [4.78, 5) is 69.2. The number of Topliss-reactive ketones (excluding diaryl/α,β-unsaturated/α-hetero) is 1. The van der Waals surface area contributed by atoms with Crippen LogP contribution in [-0.4, -0.2) is 69.2 Å². The van der Waals surface area contributed by atoms with E-state index in [0.717, 1.165) is 25.7 Å². The molecule has 35 heavy (non-hydrogen) atoms. The van der Waals surface area contributed by atoms with Crippen molar-refractivity contribution in [2.75, 3.05) is 13.2 Å². The number of hydrogen-bond donors (Lipinski definition) is 3. The molecule has 1 aromatic heterocycles. The Kier molecular flexibility index (Phi) is 6.27. The SMILES string of the molecule is C[C@H]1CC[C@H]([C@H](NC(=O)c2ccc3[nH]c(=O)c(=O)[nH]c3c2)C(=O)N2C[C@H](Cl)[C@H]3OCC(=O)[C@H]32)CC1. The number of rotatable bonds is 4. The minimum atomic E-state index is -0.823. The van der Waals surface area contributed by atoms with Gasteiger partial charge in [0.15, 0.2) is 5.78 Å². The predicted octanol–water partition coefficient (Wildman–Crippen LogP) is 0.927. The average molecular weight is 503 g/mol. The number of carbonyl (C=O) groups excluding carboxylic acids is 3. The first-order valence-corrected chi connectivity index (χ1v) is 12.3. The highest BCUT2D eigenvalue weighted by atomic mass is 35.5. The van der Waals surface area contributed by atoms with Gasteiger partial charge in [0.1, 0.15) is 24.8 Å². The fourth-order valence-corrected chi connectivity index (χ4v) is 5.84. The van der Waals surface area contributed by atoms with Crippen LogP contribution < -0.4 is 16.4 Å². The number of nitrogens with one attached hydrogen (secondary N) is 3. The van der Waals surface area contributed by atoms with Crippen LogP contribution in [0.4, 0.5) is 0 Å². The largest absolute Gasteiger partial charge is 0.366 e. The van der Waals surface area contributed by atoms with E-state index in [0.29, 0.717) is 17.0 Å². The maximum absolute atomic E-state index is 13.8. The second-order valence-electron chi connectivity index (χ2n) is 9.83. The fourth-order valence-electron chi connectivity index (χ4n) is 5.48. The molecule has 0 unspecified atom stereocenters. The number of likely N-dealkylation sites (tertiary alicyclic amines) is 1. The number of H-pyrrole nitrogens is 2. The summed E-state index contributed by atoms with van der Waals surface area (Å²) >= 11 is 6.40. The molecule has 3 heterocycles. The molecule has 0 radical (unpaired) electrons. The normalized spacial score (nSPS) is 29.3. The number of fused-ring (bicyclic) bond motifs is 2. The van der Waals surface area contributed by atoms with E-state index in [1.165, 1.54) is 23.1 Å². The number of alkyl halides is 1. The van der Waals surface area contributed by atoms with Crippen molar-refractivity contribution in [2.24, 2.45) is 11.8 Å². The van der Waals surface area contributed by atoms with Gasteiger partial charge in [-0.2, -0.15) is 0 Å². The van der Waals surface area contributed by atoms with Gasteiger partial charge >= 0.3 is 11.1 Å². The first kappa shape index (κ1) is 23.7. The van der Waals surface area contributed by atoms with Crippen molar-refractivity contribution in [1.82, 2.24) is 20.2 Å². The van der Waals surface area contributed by atoms with Crippen molar-refractivity contribution in [3.63, 3.8) is 0 Å². The lowest BCUT2D eigenvalue weighted by molar-refractivity contribution is -0.139. The summed E-state index contributed by atoms with van der Waals surface area (Å²) < 4.78 is 5.51. The molecule has 2 aliphatic heterocycles. The third-order valence-corrected chi connectivity index (χ3v) is 7.86. The molecule has 11 heteroatoms. The van der Waals surface area contributed by atoms with Crippen LogP contribution in [0.1, 0.15) is 43.0 Å². The fraction of sp³-hybridized carbons (Fsp3) is 0.542. The van der Waals surface area contributed by atoms with Gasteiger partial charge in [-0.05, 0) is 42.9 Å². The highest BCUT2D eigenvalue weighted by Gasteiger charge is 2.53. The Bertz CT molecular complexity index is 1300. The molecule has 1 saturated carbocycles. The van der Waals surface area contributed by atoms with Gasteiger partial charge in [-0.1, -0.05) is 19.8 Å². The van der Waals surface area contributed by atoms with Crippen LogP contribution in [0.2, 0.25) is 0 Å². The van der Waals surface area contributed by atoms with Crippen molar-refractivity contribution in [2.45, 2.75) is 56.2 Å². The van der Waals surface area contributed by atoms with Crippen LogP contribution in [-0.2, 0) is 14.3 Å². The van der Waals surface area contributed by atoms with Gasteiger partial charge in [0.25, 0.3) is 5.91 Å². The monoisotopic (exact) mass is 502 g/mol. The maximum Gasteiger partial charge on any atom is 0.314 e. The molecule has 0 bridgehead atoms. The van der Waals surface area contributed by atoms with E-state index in [1.54, 1.807) is 0 Å². The highest BCUT2D eigenvalue weighted by Crippen LogP contribution is 2.35. The lowest BCUT2D eigenvalue weighted by atomic mass is 9.78. The molecule has 2 saturated heterocycles. The number of hydrogen-bond acceptors (Lipinski definition) is 6. The number of amides is 2. The third-order valence-electron chi connectivity index (χ3n) is 7.47. The lowest BCUT2D eigenvalue weighted by Gasteiger charge is -2.35. The predicted molar refractivity (Wildman–Crippen MR) is 127 cm³/mol. The molecule has 0 spiro atoms. The number of ketones is 1. The van der Waals surface area contributed by atoms with Crippen LogP contribution >= 0.6 is 11.6 Å². The summed E-state index contributed by atoms with van der Waals surface area (Å²) in [7, 11) is 0. The van der Waals surface area contributed by atoms with Gasteiger partial charge in [-0.15, -0.1) is 11.6 Å². The lowest BCUT2D eigenvalue weighted by Crippen LogP contribution is -2.55. The third kappa shape index (κ3) is 4.40. The van der Waals surface area contributed by atoms with Gasteiger partial charge in [0, 0.05) is 12.1 Å². The van der Waals surface area contributed by atoms with E-state index in [4.69, 9.17) is 16.3 Å². The maximum atomic E-state index is 13.8. The smallest absolute Gasteiger partial charge is 0.314 e. The number of benzene rings is 1. The van der Waals surface area contributed by atoms with Crippen LogP contribution in [0, 0.1) is 11.8 Å². The molecule has 2 aromatic rings. The molecule has 4 atom stereocenters. The molecular formula is C24H27ClN4O6. The van der Waals surface area contributed by atoms with Crippen molar-refractivity contribution >= 4 is 40.2 Å². The van der Waals surface area contributed by atoms with E-state index < -0.39 is 40.6 Å². The molecule has 186 valence electrons. The summed E-state index contributed by atoms with van der Waals surface area (Å²) in [5.41, 5.74) is -0.674. The van der Waals surface area contributed by atoms with E-state index in [1.807, 2.05) is 0 Å². The topological polar surface area (TPSA) is 141 Å². The Morgan fingerprint density at radius 3 is 2.49 bits per heavy atom. The van der Waals surface area contributed by atoms with E-state index in [9.17, 15) is 24.0 Å². The van der Waals surface area contributed by atoms with Crippen LogP contribution in [0.5, 0.6) is 0 Å². The number of halogens is 1. The summed E-state index contributed by atoms with van der Waals surface area (Å²) in [6.45, 7) is 2.28. The summed E-state index contributed by atoms with van der Waals surface area (Å²) in [5.74, 6) is -0.521. The molecule has 3 N–H and O–H groups in total. The van der Waals surface area contributed by atoms with Crippen molar-refractivity contribution in [3.8, 4) is 0 Å². The molecular weight excluding hydrogens is 476 g/mol. The number of nitrogens with zero attached hydrogens (tertiary/aromatic N) is 1. The second kappa shape index (κ2) is 9.23. The first-order valence-electron chi connectivity index (χ1n) is 11.9. The Labute approximate surface area is 205 Å². The zero-order valence-corrected chi connectivity index (χ0v) is 20.0. The molecule has 2 amide bonds. The summed E-state index contributed by atoms with van der Waals surface area (Å²) in [6.07, 6.45) is 2.92. The van der Waals surface area contributed by atoms with Crippen LogP contribution in [0.15, 0.2) is 27.8 Å². The van der Waals surface area contributed by atoms with Gasteiger partial charge in [0.05, 0.1) is 16.4 Å². The Morgan fingerprint density at radius 2 is 1.77 bits per heavy atom. The summed E-state index contributed by atoms with van der Waals surface area (Å²) in [5, 5.41) is 2.42. The minimum Gasteiger partial charge on any atom is -0.366 e.